The predicted octanol–water partition coefficient (Wildman–Crippen LogP) is -0.269. The fraction of sp³-hybridized carbons (Fsp3) is 0.571. The SMILES string of the molecule is CCCCc1cc(B(O)O)c(CCCC)cc1B(O)O. The van der Waals surface area contributed by atoms with Crippen molar-refractivity contribution in [3.8, 4) is 0 Å². The Hall–Kier alpha value is -0.810. The minimum atomic E-state index is -1.52. The molecule has 0 unspecified atom stereocenters. The van der Waals surface area contributed by atoms with Crippen molar-refractivity contribution < 1.29 is 20.1 Å². The summed E-state index contributed by atoms with van der Waals surface area (Å²) in [5.74, 6) is 0. The molecule has 0 bridgehead atoms. The summed E-state index contributed by atoms with van der Waals surface area (Å²) in [5.41, 5.74) is 2.53. The van der Waals surface area contributed by atoms with E-state index < -0.39 is 14.2 Å². The lowest BCUT2D eigenvalue weighted by Gasteiger charge is -2.16. The maximum atomic E-state index is 9.51. The third kappa shape index (κ3) is 4.63. The van der Waals surface area contributed by atoms with Crippen LogP contribution in [0.2, 0.25) is 0 Å². The second-order valence-corrected chi connectivity index (χ2v) is 5.20. The zero-order valence-electron chi connectivity index (χ0n) is 12.3. The van der Waals surface area contributed by atoms with Gasteiger partial charge in [-0.2, -0.15) is 0 Å². The lowest BCUT2D eigenvalue weighted by molar-refractivity contribution is 0.422. The van der Waals surface area contributed by atoms with Crippen LogP contribution < -0.4 is 10.9 Å². The highest BCUT2D eigenvalue weighted by Gasteiger charge is 2.23. The van der Waals surface area contributed by atoms with Crippen molar-refractivity contribution in [1.29, 1.82) is 0 Å². The molecule has 0 aromatic heterocycles. The first-order chi connectivity index (χ1) is 9.51. The maximum absolute atomic E-state index is 9.51. The van der Waals surface area contributed by atoms with Crippen LogP contribution in [-0.2, 0) is 12.8 Å². The topological polar surface area (TPSA) is 80.9 Å². The molecule has 0 heterocycles. The summed E-state index contributed by atoms with van der Waals surface area (Å²) in [7, 11) is -3.04. The summed E-state index contributed by atoms with van der Waals surface area (Å²) in [6, 6.07) is 3.42. The molecule has 0 spiro atoms. The fourth-order valence-corrected chi connectivity index (χ4v) is 2.38. The van der Waals surface area contributed by atoms with E-state index in [-0.39, 0.29) is 0 Å². The molecule has 6 heteroatoms. The Morgan fingerprint density at radius 2 is 1.10 bits per heavy atom. The summed E-state index contributed by atoms with van der Waals surface area (Å²) < 4.78 is 0. The molecule has 0 saturated carbocycles. The van der Waals surface area contributed by atoms with Crippen molar-refractivity contribution in [2.45, 2.75) is 52.4 Å². The van der Waals surface area contributed by atoms with Gasteiger partial charge in [0.25, 0.3) is 0 Å². The zero-order valence-corrected chi connectivity index (χ0v) is 12.3. The van der Waals surface area contributed by atoms with Gasteiger partial charge in [0.05, 0.1) is 0 Å². The Bertz CT molecular complexity index is 382. The third-order valence-electron chi connectivity index (χ3n) is 3.56. The van der Waals surface area contributed by atoms with Crippen LogP contribution in [0.1, 0.15) is 50.7 Å². The van der Waals surface area contributed by atoms with Crippen molar-refractivity contribution in [2.24, 2.45) is 0 Å². The highest BCUT2D eigenvalue weighted by Crippen LogP contribution is 2.09. The molecule has 1 aromatic carbocycles. The molecule has 20 heavy (non-hydrogen) atoms. The van der Waals surface area contributed by atoms with Gasteiger partial charge >= 0.3 is 14.2 Å². The summed E-state index contributed by atoms with van der Waals surface area (Å²) >= 11 is 0. The molecular formula is C14H24B2O4. The van der Waals surface area contributed by atoms with E-state index >= 15 is 0 Å². The molecule has 0 radical (unpaired) electrons. The molecule has 110 valence electrons. The van der Waals surface area contributed by atoms with Crippen molar-refractivity contribution in [1.82, 2.24) is 0 Å². The fourth-order valence-electron chi connectivity index (χ4n) is 2.38. The molecular weight excluding hydrogens is 254 g/mol. The lowest BCUT2D eigenvalue weighted by Crippen LogP contribution is -2.40. The molecule has 0 saturated heterocycles. The third-order valence-corrected chi connectivity index (χ3v) is 3.56. The molecule has 0 fully saturated rings. The Kier molecular flexibility index (Phi) is 7.30. The number of hydrogen-bond donors (Lipinski definition) is 4. The standard InChI is InChI=1S/C14H24B2O4/c1-3-5-7-11-9-14(16(19)20)12(8-6-4-2)10-13(11)15(17)18/h9-10,17-20H,3-8H2,1-2H3. The minimum Gasteiger partial charge on any atom is -0.423 e. The Labute approximate surface area is 121 Å². The van der Waals surface area contributed by atoms with Crippen LogP contribution in [0.25, 0.3) is 0 Å². The highest BCUT2D eigenvalue weighted by atomic mass is 16.4. The zero-order chi connectivity index (χ0) is 15.1. The first-order valence-corrected chi connectivity index (χ1v) is 7.39. The van der Waals surface area contributed by atoms with Gasteiger partial charge in [-0.1, -0.05) is 38.8 Å². The molecule has 0 amide bonds. The molecule has 0 atom stereocenters. The van der Waals surface area contributed by atoms with Crippen molar-refractivity contribution in [3.05, 3.63) is 23.3 Å². The summed E-state index contributed by atoms with van der Waals surface area (Å²) in [6.07, 6.45) is 5.25. The summed E-state index contributed by atoms with van der Waals surface area (Å²) in [5, 5.41) is 38.1. The second-order valence-electron chi connectivity index (χ2n) is 5.20. The van der Waals surface area contributed by atoms with Crippen LogP contribution >= 0.6 is 0 Å². The van der Waals surface area contributed by atoms with Gasteiger partial charge in [0.15, 0.2) is 0 Å². The van der Waals surface area contributed by atoms with E-state index in [0.29, 0.717) is 23.8 Å². The van der Waals surface area contributed by atoms with Gasteiger partial charge in [-0.05, 0) is 47.7 Å². The largest absolute Gasteiger partial charge is 0.488 e. The second kappa shape index (κ2) is 8.47. The number of unbranched alkanes of at least 4 members (excludes halogenated alkanes) is 2. The van der Waals surface area contributed by atoms with Gasteiger partial charge < -0.3 is 20.1 Å². The van der Waals surface area contributed by atoms with Crippen LogP contribution in [0.5, 0.6) is 0 Å². The molecule has 0 aliphatic carbocycles. The average molecular weight is 278 g/mol. The van der Waals surface area contributed by atoms with Gasteiger partial charge in [-0.3, -0.25) is 0 Å². The van der Waals surface area contributed by atoms with E-state index in [1.165, 1.54) is 0 Å². The molecule has 1 rings (SSSR count). The van der Waals surface area contributed by atoms with Crippen LogP contribution in [0.4, 0.5) is 0 Å². The first-order valence-electron chi connectivity index (χ1n) is 7.39. The quantitative estimate of drug-likeness (QED) is 0.493. The van der Waals surface area contributed by atoms with Crippen LogP contribution in [-0.4, -0.2) is 34.3 Å². The average Bonchev–Trinajstić information content (AvgIpc) is 2.42. The Balaban J connectivity index is 3.19. The smallest absolute Gasteiger partial charge is 0.423 e. The van der Waals surface area contributed by atoms with Crippen molar-refractivity contribution >= 4 is 25.2 Å². The minimum absolute atomic E-state index is 0.481. The summed E-state index contributed by atoms with van der Waals surface area (Å²) in [6.45, 7) is 4.12. The molecule has 4 nitrogen and oxygen atoms in total. The van der Waals surface area contributed by atoms with E-state index in [4.69, 9.17) is 0 Å². The van der Waals surface area contributed by atoms with E-state index in [1.807, 2.05) is 0 Å². The molecule has 1 aromatic rings. The van der Waals surface area contributed by atoms with Gasteiger partial charge in [-0.25, -0.2) is 0 Å². The van der Waals surface area contributed by atoms with Crippen LogP contribution in [0.15, 0.2) is 12.1 Å². The monoisotopic (exact) mass is 278 g/mol. The van der Waals surface area contributed by atoms with Crippen molar-refractivity contribution in [3.63, 3.8) is 0 Å². The van der Waals surface area contributed by atoms with Gasteiger partial charge in [0.1, 0.15) is 0 Å². The normalized spacial score (nSPS) is 10.7. The molecule has 0 aliphatic heterocycles. The number of rotatable bonds is 8. The number of aryl methyl sites for hydroxylation is 2. The highest BCUT2D eigenvalue weighted by molar-refractivity contribution is 6.61. The summed E-state index contributed by atoms with van der Waals surface area (Å²) in [4.78, 5) is 0. The van der Waals surface area contributed by atoms with Crippen LogP contribution in [0, 0.1) is 0 Å². The van der Waals surface area contributed by atoms with E-state index in [2.05, 4.69) is 13.8 Å². The molecule has 4 N–H and O–H groups in total. The number of hydrogen-bond acceptors (Lipinski definition) is 4. The van der Waals surface area contributed by atoms with E-state index in [9.17, 15) is 20.1 Å². The van der Waals surface area contributed by atoms with E-state index in [1.54, 1.807) is 12.1 Å². The van der Waals surface area contributed by atoms with Crippen molar-refractivity contribution in [2.75, 3.05) is 0 Å². The Morgan fingerprint density at radius 1 is 0.750 bits per heavy atom. The molecule has 0 aliphatic rings. The van der Waals surface area contributed by atoms with Crippen LogP contribution in [0.3, 0.4) is 0 Å². The van der Waals surface area contributed by atoms with E-state index in [0.717, 1.165) is 36.8 Å². The lowest BCUT2D eigenvalue weighted by atomic mass is 9.68. The first kappa shape index (κ1) is 17.2. The van der Waals surface area contributed by atoms with Gasteiger partial charge in [-0.15, -0.1) is 0 Å². The van der Waals surface area contributed by atoms with Gasteiger partial charge in [0, 0.05) is 0 Å². The van der Waals surface area contributed by atoms with Gasteiger partial charge in [0.2, 0.25) is 0 Å². The maximum Gasteiger partial charge on any atom is 0.488 e. The number of benzene rings is 1. The predicted molar refractivity (Wildman–Crippen MR) is 83.3 cm³/mol. The Morgan fingerprint density at radius 3 is 1.35 bits per heavy atom.